The number of carbonyl (C=O) groups is 1. The molecule has 0 bridgehead atoms. The lowest BCUT2D eigenvalue weighted by Gasteiger charge is -2.31. The van der Waals surface area contributed by atoms with Crippen LogP contribution in [0.1, 0.15) is 31.2 Å². The SMILES string of the molecule is NCC1CCN(C(=O)CCCc2ccc(F)c(F)c2)CC1. The van der Waals surface area contributed by atoms with Crippen molar-refractivity contribution in [2.24, 2.45) is 11.7 Å². The van der Waals surface area contributed by atoms with Crippen molar-refractivity contribution in [1.29, 1.82) is 0 Å². The molecule has 116 valence electrons. The number of aryl methyl sites for hydroxylation is 1. The lowest BCUT2D eigenvalue weighted by molar-refractivity contribution is -0.132. The quantitative estimate of drug-likeness (QED) is 0.907. The summed E-state index contributed by atoms with van der Waals surface area (Å²) >= 11 is 0. The lowest BCUT2D eigenvalue weighted by atomic mass is 9.97. The molecule has 0 spiro atoms. The maximum Gasteiger partial charge on any atom is 0.222 e. The second-order valence-electron chi connectivity index (χ2n) is 5.66. The summed E-state index contributed by atoms with van der Waals surface area (Å²) in [5, 5.41) is 0. The highest BCUT2D eigenvalue weighted by molar-refractivity contribution is 5.76. The number of nitrogens with zero attached hydrogens (tertiary/aromatic N) is 1. The van der Waals surface area contributed by atoms with Crippen molar-refractivity contribution in [2.75, 3.05) is 19.6 Å². The standard InChI is InChI=1S/C16H22F2N2O/c17-14-5-4-12(10-15(14)18)2-1-3-16(21)20-8-6-13(11-19)7-9-20/h4-5,10,13H,1-3,6-9,11,19H2. The Balaban J connectivity index is 1.73. The molecule has 1 aliphatic rings. The third-order valence-electron chi connectivity index (χ3n) is 4.14. The second-order valence-corrected chi connectivity index (χ2v) is 5.66. The fraction of sp³-hybridized carbons (Fsp3) is 0.562. The number of carbonyl (C=O) groups excluding carboxylic acids is 1. The minimum absolute atomic E-state index is 0.146. The zero-order chi connectivity index (χ0) is 15.2. The van der Waals surface area contributed by atoms with Crippen molar-refractivity contribution < 1.29 is 13.6 Å². The Morgan fingerprint density at radius 1 is 1.24 bits per heavy atom. The number of nitrogens with two attached hydrogens (primary N) is 1. The van der Waals surface area contributed by atoms with Crippen LogP contribution in [0.5, 0.6) is 0 Å². The third kappa shape index (κ3) is 4.49. The molecule has 0 saturated carbocycles. The number of piperidine rings is 1. The topological polar surface area (TPSA) is 46.3 Å². The van der Waals surface area contributed by atoms with E-state index < -0.39 is 11.6 Å². The predicted octanol–water partition coefficient (Wildman–Crippen LogP) is 2.48. The first-order chi connectivity index (χ1) is 10.1. The van der Waals surface area contributed by atoms with Gasteiger partial charge in [-0.25, -0.2) is 8.78 Å². The summed E-state index contributed by atoms with van der Waals surface area (Å²) in [6.45, 7) is 2.26. The van der Waals surface area contributed by atoms with E-state index in [2.05, 4.69) is 0 Å². The lowest BCUT2D eigenvalue weighted by Crippen LogP contribution is -2.39. The van der Waals surface area contributed by atoms with Crippen LogP contribution in [0.15, 0.2) is 18.2 Å². The molecule has 0 atom stereocenters. The molecule has 1 saturated heterocycles. The Kier molecular flexibility index (Phi) is 5.67. The summed E-state index contributed by atoms with van der Waals surface area (Å²) in [6.07, 6.45) is 3.64. The second kappa shape index (κ2) is 7.50. The highest BCUT2D eigenvalue weighted by atomic mass is 19.2. The van der Waals surface area contributed by atoms with Crippen LogP contribution < -0.4 is 5.73 Å². The Hall–Kier alpha value is -1.49. The molecule has 0 unspecified atom stereocenters. The zero-order valence-electron chi connectivity index (χ0n) is 12.2. The molecule has 3 nitrogen and oxygen atoms in total. The van der Waals surface area contributed by atoms with Crippen molar-refractivity contribution in [2.45, 2.75) is 32.1 Å². The summed E-state index contributed by atoms with van der Waals surface area (Å²) < 4.78 is 25.9. The van der Waals surface area contributed by atoms with Gasteiger partial charge in [0.2, 0.25) is 5.91 Å². The number of benzene rings is 1. The van der Waals surface area contributed by atoms with E-state index in [9.17, 15) is 13.6 Å². The number of rotatable bonds is 5. The van der Waals surface area contributed by atoms with E-state index in [-0.39, 0.29) is 5.91 Å². The molecular weight excluding hydrogens is 274 g/mol. The van der Waals surface area contributed by atoms with E-state index >= 15 is 0 Å². The molecule has 1 amide bonds. The summed E-state index contributed by atoms with van der Waals surface area (Å²) in [7, 11) is 0. The fourth-order valence-electron chi connectivity index (χ4n) is 2.72. The molecule has 0 radical (unpaired) electrons. The molecule has 2 N–H and O–H groups in total. The first-order valence-electron chi connectivity index (χ1n) is 7.52. The first kappa shape index (κ1) is 15.9. The molecular formula is C16H22F2N2O. The maximum absolute atomic E-state index is 13.1. The average molecular weight is 296 g/mol. The van der Waals surface area contributed by atoms with Crippen molar-refractivity contribution in [3.8, 4) is 0 Å². The largest absolute Gasteiger partial charge is 0.343 e. The van der Waals surface area contributed by atoms with Crippen molar-refractivity contribution in [3.63, 3.8) is 0 Å². The van der Waals surface area contributed by atoms with Crippen LogP contribution >= 0.6 is 0 Å². The van der Waals surface area contributed by atoms with Gasteiger partial charge >= 0.3 is 0 Å². The molecule has 2 rings (SSSR count). The molecule has 1 aromatic carbocycles. The molecule has 1 aromatic rings. The molecule has 1 aliphatic heterocycles. The molecule has 1 fully saturated rings. The Labute approximate surface area is 124 Å². The van der Waals surface area contributed by atoms with Gasteiger partial charge in [-0.15, -0.1) is 0 Å². The van der Waals surface area contributed by atoms with Crippen LogP contribution in [0.25, 0.3) is 0 Å². The van der Waals surface area contributed by atoms with E-state index in [4.69, 9.17) is 5.73 Å². The molecule has 0 aliphatic carbocycles. The van der Waals surface area contributed by atoms with Gasteiger partial charge in [0.15, 0.2) is 11.6 Å². The van der Waals surface area contributed by atoms with Crippen molar-refractivity contribution >= 4 is 5.91 Å². The van der Waals surface area contributed by atoms with E-state index in [1.165, 1.54) is 6.07 Å². The van der Waals surface area contributed by atoms with Crippen LogP contribution in [0.4, 0.5) is 8.78 Å². The van der Waals surface area contributed by atoms with Gasteiger partial charge in [-0.2, -0.15) is 0 Å². The molecule has 21 heavy (non-hydrogen) atoms. The van der Waals surface area contributed by atoms with E-state index in [0.717, 1.165) is 37.6 Å². The summed E-state index contributed by atoms with van der Waals surface area (Å²) in [6, 6.07) is 3.90. The summed E-state index contributed by atoms with van der Waals surface area (Å²) in [5.74, 6) is -0.982. The van der Waals surface area contributed by atoms with Gasteiger partial charge < -0.3 is 10.6 Å². The van der Waals surface area contributed by atoms with Crippen LogP contribution in [-0.4, -0.2) is 30.4 Å². The highest BCUT2D eigenvalue weighted by Crippen LogP contribution is 2.17. The van der Waals surface area contributed by atoms with E-state index in [1.54, 1.807) is 6.07 Å². The van der Waals surface area contributed by atoms with E-state index in [0.29, 0.717) is 31.7 Å². The molecule has 1 heterocycles. The number of likely N-dealkylation sites (tertiary alicyclic amines) is 1. The van der Waals surface area contributed by atoms with Gasteiger partial charge in [-0.1, -0.05) is 6.07 Å². The number of amides is 1. The minimum atomic E-state index is -0.836. The van der Waals surface area contributed by atoms with Gasteiger partial charge in [0.25, 0.3) is 0 Å². The summed E-state index contributed by atoms with van der Waals surface area (Å²) in [5.41, 5.74) is 6.36. The average Bonchev–Trinajstić information content (AvgIpc) is 2.51. The number of hydrogen-bond acceptors (Lipinski definition) is 2. The fourth-order valence-corrected chi connectivity index (χ4v) is 2.72. The number of halogens is 2. The monoisotopic (exact) mass is 296 g/mol. The molecule has 0 aromatic heterocycles. The van der Waals surface area contributed by atoms with Crippen molar-refractivity contribution in [1.82, 2.24) is 4.90 Å². The van der Waals surface area contributed by atoms with Crippen LogP contribution in [0.2, 0.25) is 0 Å². The smallest absolute Gasteiger partial charge is 0.222 e. The normalized spacial score (nSPS) is 16.2. The number of hydrogen-bond donors (Lipinski definition) is 1. The van der Waals surface area contributed by atoms with E-state index in [1.807, 2.05) is 4.90 Å². The Morgan fingerprint density at radius 2 is 1.95 bits per heavy atom. The third-order valence-corrected chi connectivity index (χ3v) is 4.14. The summed E-state index contributed by atoms with van der Waals surface area (Å²) in [4.78, 5) is 14.0. The van der Waals surface area contributed by atoms with Gasteiger partial charge in [-0.05, 0) is 55.8 Å². The van der Waals surface area contributed by atoms with Gasteiger partial charge in [0, 0.05) is 19.5 Å². The molecule has 5 heteroatoms. The van der Waals surface area contributed by atoms with Crippen LogP contribution in [0.3, 0.4) is 0 Å². The Morgan fingerprint density at radius 3 is 2.57 bits per heavy atom. The highest BCUT2D eigenvalue weighted by Gasteiger charge is 2.21. The predicted molar refractivity (Wildman–Crippen MR) is 77.7 cm³/mol. The maximum atomic E-state index is 13.1. The first-order valence-corrected chi connectivity index (χ1v) is 7.52. The van der Waals surface area contributed by atoms with Crippen LogP contribution in [0, 0.1) is 17.6 Å². The van der Waals surface area contributed by atoms with Crippen molar-refractivity contribution in [3.05, 3.63) is 35.4 Å². The van der Waals surface area contributed by atoms with Crippen LogP contribution in [-0.2, 0) is 11.2 Å². The Bertz CT molecular complexity index is 485. The van der Waals surface area contributed by atoms with Gasteiger partial charge in [-0.3, -0.25) is 4.79 Å². The van der Waals surface area contributed by atoms with Gasteiger partial charge in [0.05, 0.1) is 0 Å². The minimum Gasteiger partial charge on any atom is -0.343 e. The zero-order valence-corrected chi connectivity index (χ0v) is 12.2. The van der Waals surface area contributed by atoms with Gasteiger partial charge in [0.1, 0.15) is 0 Å².